The zero-order valence-corrected chi connectivity index (χ0v) is 19.6. The molecule has 1 fully saturated rings. The second kappa shape index (κ2) is 9.27. The molecule has 1 aliphatic rings. The van der Waals surface area contributed by atoms with E-state index >= 15 is 0 Å². The van der Waals surface area contributed by atoms with Crippen LogP contribution in [0, 0.1) is 10.1 Å². The number of carbonyl (C=O) groups excluding carboxylic acids is 1. The van der Waals surface area contributed by atoms with E-state index in [1.54, 1.807) is 18.3 Å². The molecule has 0 N–H and O–H groups in total. The average Bonchev–Trinajstić information content (AvgIpc) is 3.23. The van der Waals surface area contributed by atoms with Crippen LogP contribution < -0.4 is 0 Å². The number of aromatic nitrogens is 3. The molecule has 1 saturated heterocycles. The van der Waals surface area contributed by atoms with Crippen molar-refractivity contribution in [2.24, 2.45) is 0 Å². The maximum atomic E-state index is 13.5. The summed E-state index contributed by atoms with van der Waals surface area (Å²) in [5.74, 6) is 0.200. The first-order valence-electron chi connectivity index (χ1n) is 11.4. The van der Waals surface area contributed by atoms with Gasteiger partial charge in [0, 0.05) is 56.6 Å². The van der Waals surface area contributed by atoms with Crippen LogP contribution >= 0.6 is 0 Å². The van der Waals surface area contributed by atoms with Gasteiger partial charge in [-0.25, -0.2) is 9.67 Å². The van der Waals surface area contributed by atoms with Gasteiger partial charge >= 0.3 is 0 Å². The third kappa shape index (κ3) is 4.73. The number of benzene rings is 1. The standard InChI is InChI=1S/C24H30N6O3/c1-16(2)22-13-20(21-14-25-29(17(3)4)23(21)26-22)24(31)28-10-8-27(9-11-28)15-18-6-5-7-19(12-18)30(32)33/h5-7,12-14,16-17H,8-11,15H2,1-4H3. The van der Waals surface area contributed by atoms with Crippen LogP contribution in [0.4, 0.5) is 5.69 Å². The Morgan fingerprint density at radius 2 is 1.85 bits per heavy atom. The monoisotopic (exact) mass is 450 g/mol. The molecule has 2 aromatic heterocycles. The van der Waals surface area contributed by atoms with Gasteiger partial charge in [-0.2, -0.15) is 5.10 Å². The summed E-state index contributed by atoms with van der Waals surface area (Å²) < 4.78 is 1.87. The van der Waals surface area contributed by atoms with E-state index in [4.69, 9.17) is 4.98 Å². The lowest BCUT2D eigenvalue weighted by molar-refractivity contribution is -0.384. The minimum atomic E-state index is -0.373. The van der Waals surface area contributed by atoms with Gasteiger partial charge in [-0.3, -0.25) is 19.8 Å². The molecule has 1 amide bonds. The summed E-state index contributed by atoms with van der Waals surface area (Å²) in [4.78, 5) is 33.1. The van der Waals surface area contributed by atoms with Crippen LogP contribution in [-0.2, 0) is 6.54 Å². The van der Waals surface area contributed by atoms with Gasteiger partial charge in [0.2, 0.25) is 0 Å². The number of nitro groups is 1. The van der Waals surface area contributed by atoms with E-state index < -0.39 is 0 Å². The molecule has 1 aliphatic heterocycles. The van der Waals surface area contributed by atoms with Crippen molar-refractivity contribution in [1.82, 2.24) is 24.6 Å². The third-order valence-electron chi connectivity index (χ3n) is 6.08. The van der Waals surface area contributed by atoms with Crippen molar-refractivity contribution in [1.29, 1.82) is 0 Å². The van der Waals surface area contributed by atoms with Crippen molar-refractivity contribution in [3.05, 3.63) is 63.5 Å². The highest BCUT2D eigenvalue weighted by Crippen LogP contribution is 2.26. The van der Waals surface area contributed by atoms with E-state index in [1.165, 1.54) is 6.07 Å². The molecular weight excluding hydrogens is 420 g/mol. The number of rotatable bonds is 6. The number of hydrogen-bond donors (Lipinski definition) is 0. The van der Waals surface area contributed by atoms with Gasteiger partial charge in [0.25, 0.3) is 11.6 Å². The largest absolute Gasteiger partial charge is 0.336 e. The quantitative estimate of drug-likeness (QED) is 0.416. The van der Waals surface area contributed by atoms with Crippen molar-refractivity contribution < 1.29 is 9.72 Å². The van der Waals surface area contributed by atoms with Crippen molar-refractivity contribution in [2.75, 3.05) is 26.2 Å². The molecule has 0 unspecified atom stereocenters. The first kappa shape index (κ1) is 22.8. The van der Waals surface area contributed by atoms with Gasteiger partial charge in [-0.1, -0.05) is 26.0 Å². The Labute approximate surface area is 193 Å². The Morgan fingerprint density at radius 1 is 1.12 bits per heavy atom. The van der Waals surface area contributed by atoms with Crippen LogP contribution in [-0.4, -0.2) is 61.6 Å². The Bertz CT molecular complexity index is 1180. The highest BCUT2D eigenvalue weighted by atomic mass is 16.6. The van der Waals surface area contributed by atoms with Crippen LogP contribution in [0.1, 0.15) is 61.3 Å². The minimum Gasteiger partial charge on any atom is -0.336 e. The maximum absolute atomic E-state index is 13.5. The SMILES string of the molecule is CC(C)c1cc(C(=O)N2CCN(Cc3cccc([N+](=O)[O-])c3)CC2)c2cnn(C(C)C)c2n1. The number of pyridine rings is 1. The van der Waals surface area contributed by atoms with Gasteiger partial charge in [-0.15, -0.1) is 0 Å². The summed E-state index contributed by atoms with van der Waals surface area (Å²) in [7, 11) is 0. The van der Waals surface area contributed by atoms with Crippen LogP contribution in [0.25, 0.3) is 11.0 Å². The summed E-state index contributed by atoms with van der Waals surface area (Å²) in [5.41, 5.74) is 3.30. The van der Waals surface area contributed by atoms with Gasteiger partial charge in [-0.05, 0) is 31.4 Å². The molecule has 3 heterocycles. The fourth-order valence-electron chi connectivity index (χ4n) is 4.19. The molecular formula is C24H30N6O3. The van der Waals surface area contributed by atoms with E-state index in [2.05, 4.69) is 37.7 Å². The summed E-state index contributed by atoms with van der Waals surface area (Å²) in [6, 6.07) is 8.80. The van der Waals surface area contributed by atoms with Crippen LogP contribution in [0.5, 0.6) is 0 Å². The Morgan fingerprint density at radius 3 is 2.48 bits per heavy atom. The topological polar surface area (TPSA) is 97.4 Å². The number of amides is 1. The predicted octanol–water partition coefficient (Wildman–Crippen LogP) is 4.00. The number of piperazine rings is 1. The number of fused-ring (bicyclic) bond motifs is 1. The van der Waals surface area contributed by atoms with Crippen LogP contribution in [0.3, 0.4) is 0 Å². The summed E-state index contributed by atoms with van der Waals surface area (Å²) >= 11 is 0. The lowest BCUT2D eigenvalue weighted by Gasteiger charge is -2.35. The summed E-state index contributed by atoms with van der Waals surface area (Å²) in [5, 5.41) is 16.3. The molecule has 3 aromatic rings. The molecule has 0 aliphatic carbocycles. The molecule has 4 rings (SSSR count). The van der Waals surface area contributed by atoms with Gasteiger partial charge in [0.15, 0.2) is 5.65 Å². The lowest BCUT2D eigenvalue weighted by atomic mass is 10.0. The van der Waals surface area contributed by atoms with E-state index in [0.717, 1.165) is 22.3 Å². The van der Waals surface area contributed by atoms with E-state index in [1.807, 2.05) is 21.7 Å². The fourth-order valence-corrected chi connectivity index (χ4v) is 4.19. The number of nitrogens with zero attached hydrogens (tertiary/aromatic N) is 6. The minimum absolute atomic E-state index is 0.00241. The van der Waals surface area contributed by atoms with Crippen LogP contribution in [0.15, 0.2) is 36.5 Å². The van der Waals surface area contributed by atoms with E-state index in [-0.39, 0.29) is 28.5 Å². The second-order valence-electron chi connectivity index (χ2n) is 9.16. The highest BCUT2D eigenvalue weighted by Gasteiger charge is 2.26. The average molecular weight is 451 g/mol. The first-order chi connectivity index (χ1) is 15.7. The Hall–Kier alpha value is -3.33. The molecule has 0 saturated carbocycles. The number of carbonyl (C=O) groups is 1. The zero-order chi connectivity index (χ0) is 23.7. The lowest BCUT2D eigenvalue weighted by Crippen LogP contribution is -2.48. The summed E-state index contributed by atoms with van der Waals surface area (Å²) in [6.45, 7) is 11.5. The molecule has 9 heteroatoms. The zero-order valence-electron chi connectivity index (χ0n) is 19.6. The van der Waals surface area contributed by atoms with Crippen molar-refractivity contribution in [3.8, 4) is 0 Å². The molecule has 33 heavy (non-hydrogen) atoms. The van der Waals surface area contributed by atoms with Crippen LogP contribution in [0.2, 0.25) is 0 Å². The Kier molecular flexibility index (Phi) is 6.42. The number of nitro benzene ring substituents is 1. The predicted molar refractivity (Wildman–Crippen MR) is 126 cm³/mol. The van der Waals surface area contributed by atoms with Gasteiger partial charge in [0.05, 0.1) is 22.1 Å². The second-order valence-corrected chi connectivity index (χ2v) is 9.16. The fraction of sp³-hybridized carbons (Fsp3) is 0.458. The third-order valence-corrected chi connectivity index (χ3v) is 6.08. The van der Waals surface area contributed by atoms with Crippen molar-refractivity contribution in [3.63, 3.8) is 0 Å². The van der Waals surface area contributed by atoms with Gasteiger partial charge in [0.1, 0.15) is 0 Å². The smallest absolute Gasteiger partial charge is 0.269 e. The van der Waals surface area contributed by atoms with E-state index in [0.29, 0.717) is 38.3 Å². The molecule has 9 nitrogen and oxygen atoms in total. The summed E-state index contributed by atoms with van der Waals surface area (Å²) in [6.07, 6.45) is 1.75. The van der Waals surface area contributed by atoms with Gasteiger partial charge < -0.3 is 4.90 Å². The first-order valence-corrected chi connectivity index (χ1v) is 11.4. The Balaban J connectivity index is 1.51. The maximum Gasteiger partial charge on any atom is 0.269 e. The highest BCUT2D eigenvalue weighted by molar-refractivity contribution is 6.05. The molecule has 0 atom stereocenters. The van der Waals surface area contributed by atoms with E-state index in [9.17, 15) is 14.9 Å². The molecule has 0 spiro atoms. The molecule has 174 valence electrons. The van der Waals surface area contributed by atoms with Crippen molar-refractivity contribution >= 4 is 22.6 Å². The molecule has 0 radical (unpaired) electrons. The molecule has 0 bridgehead atoms. The normalized spacial score (nSPS) is 15.0. The van der Waals surface area contributed by atoms with Crippen molar-refractivity contribution in [2.45, 2.75) is 46.2 Å². The number of non-ortho nitro benzene ring substituents is 1. The number of hydrogen-bond acceptors (Lipinski definition) is 6. The molecule has 1 aromatic carbocycles.